The fourth-order valence-corrected chi connectivity index (χ4v) is 4.74. The quantitative estimate of drug-likeness (QED) is 0.545. The first-order chi connectivity index (χ1) is 14.4. The van der Waals surface area contributed by atoms with E-state index in [0.29, 0.717) is 21.4 Å². The Labute approximate surface area is 184 Å². The topological polar surface area (TPSA) is 71.1 Å². The second-order valence-electron chi connectivity index (χ2n) is 7.55. The number of halogens is 1. The fourth-order valence-electron chi connectivity index (χ4n) is 3.50. The van der Waals surface area contributed by atoms with Gasteiger partial charge in [0.05, 0.1) is 11.6 Å². The Morgan fingerprint density at radius 2 is 1.87 bits per heavy atom. The molecule has 7 heteroatoms. The van der Waals surface area contributed by atoms with Gasteiger partial charge < -0.3 is 5.32 Å². The van der Waals surface area contributed by atoms with Crippen LogP contribution in [-0.2, 0) is 11.2 Å². The largest absolute Gasteiger partial charge is 0.325 e. The van der Waals surface area contributed by atoms with Gasteiger partial charge in [-0.2, -0.15) is 0 Å². The molecular weight excluding hydrogens is 418 g/mol. The zero-order valence-electron chi connectivity index (χ0n) is 16.8. The summed E-state index contributed by atoms with van der Waals surface area (Å²) in [6, 6.07) is 12.9. The molecule has 0 aliphatic heterocycles. The monoisotopic (exact) mass is 439 g/mol. The van der Waals surface area contributed by atoms with E-state index in [4.69, 9.17) is 11.6 Å². The highest BCUT2D eigenvalue weighted by Crippen LogP contribution is 2.37. The number of thiazole rings is 1. The van der Waals surface area contributed by atoms with Crippen molar-refractivity contribution in [3.63, 3.8) is 0 Å². The minimum Gasteiger partial charge on any atom is -0.325 e. The number of aromatic nitrogens is 1. The smallest absolute Gasteiger partial charge is 0.257 e. The molecule has 1 aliphatic rings. The highest BCUT2D eigenvalue weighted by Gasteiger charge is 2.30. The maximum absolute atomic E-state index is 12.9. The molecule has 1 atom stereocenters. The third-order valence-corrected chi connectivity index (χ3v) is 6.70. The number of anilines is 2. The van der Waals surface area contributed by atoms with Crippen LogP contribution < -0.4 is 10.6 Å². The second kappa shape index (κ2) is 8.58. The van der Waals surface area contributed by atoms with Gasteiger partial charge in [0.15, 0.2) is 5.13 Å². The molecule has 1 aliphatic carbocycles. The normalized spacial score (nSPS) is 15.4. The van der Waals surface area contributed by atoms with Crippen LogP contribution >= 0.6 is 22.9 Å². The fraction of sp³-hybridized carbons (Fsp3) is 0.261. The predicted octanol–water partition coefficient (Wildman–Crippen LogP) is 5.72. The molecule has 0 saturated carbocycles. The lowest BCUT2D eigenvalue weighted by atomic mass is 9.90. The van der Waals surface area contributed by atoms with E-state index < -0.39 is 0 Å². The molecule has 2 amide bonds. The average Bonchev–Trinajstić information content (AvgIpc) is 3.13. The molecule has 30 heavy (non-hydrogen) atoms. The molecule has 1 heterocycles. The molecule has 0 saturated heterocycles. The summed E-state index contributed by atoms with van der Waals surface area (Å²) < 4.78 is 0. The van der Waals surface area contributed by atoms with Crippen molar-refractivity contribution in [3.05, 3.63) is 74.7 Å². The van der Waals surface area contributed by atoms with Gasteiger partial charge in [-0.15, -0.1) is 11.3 Å². The minimum absolute atomic E-state index is 0.0995. The summed E-state index contributed by atoms with van der Waals surface area (Å²) in [5, 5.41) is 6.98. The van der Waals surface area contributed by atoms with Crippen LogP contribution in [0.2, 0.25) is 5.02 Å². The second-order valence-corrected chi connectivity index (χ2v) is 9.04. The summed E-state index contributed by atoms with van der Waals surface area (Å²) in [4.78, 5) is 31.1. The Bertz CT molecular complexity index is 1110. The maximum atomic E-state index is 12.9. The Morgan fingerprint density at radius 1 is 1.10 bits per heavy atom. The van der Waals surface area contributed by atoms with Gasteiger partial charge in [0, 0.05) is 21.2 Å². The number of carbonyl (C=O) groups is 2. The number of nitrogens with zero attached hydrogens (tertiary/aromatic N) is 1. The summed E-state index contributed by atoms with van der Waals surface area (Å²) >= 11 is 7.62. The van der Waals surface area contributed by atoms with Crippen molar-refractivity contribution >= 4 is 45.6 Å². The number of rotatable bonds is 4. The van der Waals surface area contributed by atoms with Crippen LogP contribution in [0.5, 0.6) is 0 Å². The summed E-state index contributed by atoms with van der Waals surface area (Å²) in [6.07, 6.45) is 2.51. The van der Waals surface area contributed by atoms with Crippen LogP contribution in [0.1, 0.15) is 50.8 Å². The number of amides is 2. The Balaban J connectivity index is 1.50. The van der Waals surface area contributed by atoms with Gasteiger partial charge >= 0.3 is 0 Å². The first kappa shape index (κ1) is 20.6. The van der Waals surface area contributed by atoms with Crippen LogP contribution in [0.15, 0.2) is 42.5 Å². The van der Waals surface area contributed by atoms with Crippen molar-refractivity contribution in [2.24, 2.45) is 0 Å². The third-order valence-electron chi connectivity index (χ3n) is 5.24. The van der Waals surface area contributed by atoms with Crippen LogP contribution in [0.3, 0.4) is 0 Å². The minimum atomic E-state index is -0.338. The number of carbonyl (C=O) groups excluding carboxylic acids is 2. The molecule has 0 spiro atoms. The van der Waals surface area contributed by atoms with Gasteiger partial charge in [-0.3, -0.25) is 14.9 Å². The molecule has 1 unspecified atom stereocenters. The van der Waals surface area contributed by atoms with E-state index in [-0.39, 0.29) is 17.7 Å². The van der Waals surface area contributed by atoms with Gasteiger partial charge in [-0.05, 0) is 62.9 Å². The third kappa shape index (κ3) is 4.40. The number of aryl methyl sites for hydroxylation is 3. The van der Waals surface area contributed by atoms with E-state index >= 15 is 0 Å². The lowest BCUT2D eigenvalue weighted by molar-refractivity contribution is -0.117. The molecule has 5 nitrogen and oxygen atoms in total. The molecule has 2 aromatic carbocycles. The van der Waals surface area contributed by atoms with Crippen LogP contribution in [0.4, 0.5) is 10.8 Å². The van der Waals surface area contributed by atoms with E-state index in [1.807, 2.05) is 38.1 Å². The number of fused-ring (bicyclic) bond motifs is 1. The highest BCUT2D eigenvalue weighted by atomic mass is 35.5. The zero-order valence-corrected chi connectivity index (χ0v) is 18.4. The lowest BCUT2D eigenvalue weighted by Gasteiger charge is -2.20. The van der Waals surface area contributed by atoms with E-state index in [2.05, 4.69) is 15.6 Å². The first-order valence-corrected chi connectivity index (χ1v) is 11.0. The van der Waals surface area contributed by atoms with Crippen LogP contribution in [0, 0.1) is 13.8 Å². The molecule has 1 aromatic heterocycles. The number of hydrogen-bond acceptors (Lipinski definition) is 4. The van der Waals surface area contributed by atoms with Gasteiger partial charge in [0.2, 0.25) is 5.91 Å². The van der Waals surface area contributed by atoms with Crippen molar-refractivity contribution in [2.75, 3.05) is 10.6 Å². The van der Waals surface area contributed by atoms with E-state index in [1.54, 1.807) is 18.2 Å². The van der Waals surface area contributed by atoms with Crippen molar-refractivity contribution < 1.29 is 9.59 Å². The number of hydrogen-bond donors (Lipinski definition) is 2. The van der Waals surface area contributed by atoms with Crippen molar-refractivity contribution in [1.29, 1.82) is 0 Å². The van der Waals surface area contributed by atoms with E-state index in [9.17, 15) is 9.59 Å². The summed E-state index contributed by atoms with van der Waals surface area (Å²) in [5.74, 6) is -0.635. The molecule has 3 aromatic rings. The Morgan fingerprint density at radius 3 is 2.60 bits per heavy atom. The van der Waals surface area contributed by atoms with Gasteiger partial charge in [-0.1, -0.05) is 35.4 Å². The van der Waals surface area contributed by atoms with Gasteiger partial charge in [-0.25, -0.2) is 4.98 Å². The molecule has 2 N–H and O–H groups in total. The number of nitrogens with one attached hydrogen (secondary N) is 2. The molecule has 4 rings (SSSR count). The summed E-state index contributed by atoms with van der Waals surface area (Å²) in [6.45, 7) is 3.90. The standard InChI is InChI=1S/C23H22ClN3O2S/c1-13-6-9-15(10-7-13)21(28)27-23-26-20-17(4-3-5-19(20)30-23)22(29)25-16-11-8-14(2)18(24)12-16/h6-12,17H,3-5H2,1-2H3,(H,25,29)(H,26,27,28). The molecule has 154 valence electrons. The predicted molar refractivity (Wildman–Crippen MR) is 122 cm³/mol. The van der Waals surface area contributed by atoms with Gasteiger partial charge in [0.1, 0.15) is 0 Å². The maximum Gasteiger partial charge on any atom is 0.257 e. The molecule has 0 fully saturated rings. The summed E-state index contributed by atoms with van der Waals surface area (Å²) in [7, 11) is 0. The molecular formula is C23H22ClN3O2S. The zero-order chi connectivity index (χ0) is 21.3. The Hall–Kier alpha value is -2.70. The van der Waals surface area contributed by atoms with E-state index in [1.165, 1.54) is 11.3 Å². The average molecular weight is 440 g/mol. The molecule has 0 radical (unpaired) electrons. The lowest BCUT2D eigenvalue weighted by Crippen LogP contribution is -2.24. The molecule has 0 bridgehead atoms. The van der Waals surface area contributed by atoms with Crippen LogP contribution in [0.25, 0.3) is 0 Å². The van der Waals surface area contributed by atoms with Crippen molar-refractivity contribution in [3.8, 4) is 0 Å². The Kier molecular flexibility index (Phi) is 5.88. The highest BCUT2D eigenvalue weighted by molar-refractivity contribution is 7.16. The SMILES string of the molecule is Cc1ccc(C(=O)Nc2nc3c(s2)CCCC3C(=O)Nc2ccc(C)c(Cl)c2)cc1. The first-order valence-electron chi connectivity index (χ1n) is 9.85. The van der Waals surface area contributed by atoms with Crippen LogP contribution in [-0.4, -0.2) is 16.8 Å². The number of benzene rings is 2. The van der Waals surface area contributed by atoms with Crippen molar-refractivity contribution in [1.82, 2.24) is 4.98 Å². The van der Waals surface area contributed by atoms with Crippen molar-refractivity contribution in [2.45, 2.75) is 39.0 Å². The van der Waals surface area contributed by atoms with Gasteiger partial charge in [0.25, 0.3) is 5.91 Å². The summed E-state index contributed by atoms with van der Waals surface area (Å²) in [5.41, 5.74) is 4.08. The van der Waals surface area contributed by atoms with E-state index in [0.717, 1.165) is 41.0 Å².